The number of carbonyl (C=O) groups excluding carboxylic acids is 3. The highest BCUT2D eigenvalue weighted by molar-refractivity contribution is 8.00. The van der Waals surface area contributed by atoms with Gasteiger partial charge in [0.05, 0.1) is 26.7 Å². The van der Waals surface area contributed by atoms with Crippen LogP contribution in [0.4, 0.5) is 11.4 Å². The molecular weight excluding hydrogens is 661 g/mol. The maximum absolute atomic E-state index is 14.1. The van der Waals surface area contributed by atoms with Crippen LogP contribution in [0.5, 0.6) is 0 Å². The summed E-state index contributed by atoms with van der Waals surface area (Å²) in [5.41, 5.74) is 2.71. The molecule has 1 aromatic heterocycles. The van der Waals surface area contributed by atoms with Gasteiger partial charge in [-0.2, -0.15) is 0 Å². The Bertz CT molecular complexity index is 1860. The average molecular weight is 687 g/mol. The molecule has 0 radical (unpaired) electrons. The number of imide groups is 1. The number of aromatic nitrogens is 1. The Morgan fingerprint density at radius 2 is 1.57 bits per heavy atom. The van der Waals surface area contributed by atoms with E-state index >= 15 is 0 Å². The van der Waals surface area contributed by atoms with E-state index in [0.29, 0.717) is 31.3 Å². The van der Waals surface area contributed by atoms with E-state index in [2.05, 4.69) is 26.1 Å². The van der Waals surface area contributed by atoms with E-state index in [1.807, 2.05) is 24.3 Å². The van der Waals surface area contributed by atoms with Crippen LogP contribution in [0.15, 0.2) is 76.6 Å². The third-order valence-electron chi connectivity index (χ3n) is 7.77. The number of hydrogen-bond acceptors (Lipinski definition) is 6. The smallest absolute Gasteiger partial charge is 0.308 e. The lowest BCUT2D eigenvalue weighted by Crippen LogP contribution is -2.33. The number of nitrogens with one attached hydrogen (secondary N) is 1. The minimum atomic E-state index is -0.795. The first-order valence-corrected chi connectivity index (χ1v) is 16.6. The zero-order chi connectivity index (χ0) is 31.5. The fraction of sp³-hybridized carbons (Fsp3) is 0.250. The number of halogens is 3. The van der Waals surface area contributed by atoms with Crippen LogP contribution in [0.2, 0.25) is 15.1 Å². The molecule has 6 rings (SSSR count). The molecule has 3 amide bonds. The Balaban J connectivity index is 1.41. The van der Waals surface area contributed by atoms with Gasteiger partial charge in [0.1, 0.15) is 11.8 Å². The summed E-state index contributed by atoms with van der Waals surface area (Å²) in [6.45, 7) is 6.07. The van der Waals surface area contributed by atoms with Crippen molar-refractivity contribution in [3.8, 4) is 0 Å². The largest absolute Gasteiger partial charge is 0.324 e. The van der Waals surface area contributed by atoms with E-state index in [1.165, 1.54) is 15.5 Å². The van der Waals surface area contributed by atoms with Crippen LogP contribution in [0.1, 0.15) is 42.7 Å². The van der Waals surface area contributed by atoms with Crippen molar-refractivity contribution in [2.24, 2.45) is 5.92 Å². The van der Waals surface area contributed by atoms with Crippen molar-refractivity contribution >= 4 is 87.0 Å². The molecule has 1 saturated heterocycles. The second-order valence-electron chi connectivity index (χ2n) is 11.7. The number of rotatable bonds is 5. The van der Waals surface area contributed by atoms with Crippen molar-refractivity contribution in [3.05, 3.63) is 107 Å². The van der Waals surface area contributed by atoms with E-state index in [9.17, 15) is 19.2 Å². The van der Waals surface area contributed by atoms with Crippen LogP contribution in [0.25, 0.3) is 0 Å². The van der Waals surface area contributed by atoms with Gasteiger partial charge < -0.3 is 5.32 Å². The van der Waals surface area contributed by atoms with Gasteiger partial charge in [-0.05, 0) is 59.0 Å². The Labute approximate surface area is 277 Å². The summed E-state index contributed by atoms with van der Waals surface area (Å²) < 4.78 is 1.38. The van der Waals surface area contributed by atoms with Gasteiger partial charge in [0, 0.05) is 21.5 Å². The minimum Gasteiger partial charge on any atom is -0.324 e. The van der Waals surface area contributed by atoms with E-state index in [-0.39, 0.29) is 33.7 Å². The lowest BCUT2D eigenvalue weighted by molar-refractivity contribution is -0.122. The lowest BCUT2D eigenvalue weighted by Gasteiger charge is -2.31. The first-order chi connectivity index (χ1) is 20.8. The van der Waals surface area contributed by atoms with Crippen LogP contribution >= 0.6 is 57.9 Å². The second-order valence-corrected chi connectivity index (χ2v) is 15.1. The molecule has 2 aliphatic rings. The van der Waals surface area contributed by atoms with Crippen LogP contribution < -0.4 is 15.1 Å². The molecule has 0 spiro atoms. The molecule has 0 saturated carbocycles. The SMILES string of the molecule is CC(C)(C)c1ccc([C@H]2c3sc(=O)n(CC(=O)Nc4ccc(Cl)c(Cl)c4)c3SC3C(=O)N(c4ccc(Cl)cc4)C(=O)C32)cc1. The van der Waals surface area contributed by atoms with Gasteiger partial charge in [-0.1, -0.05) is 103 Å². The summed E-state index contributed by atoms with van der Waals surface area (Å²) in [6, 6.07) is 19.3. The number of anilines is 2. The molecule has 3 heterocycles. The van der Waals surface area contributed by atoms with Crippen molar-refractivity contribution in [3.63, 3.8) is 0 Å². The van der Waals surface area contributed by atoms with Crippen LogP contribution in [0.3, 0.4) is 0 Å². The molecule has 2 unspecified atom stereocenters. The summed E-state index contributed by atoms with van der Waals surface area (Å²) in [6.07, 6.45) is 0. The first kappa shape index (κ1) is 30.9. The maximum Gasteiger partial charge on any atom is 0.308 e. The highest BCUT2D eigenvalue weighted by Gasteiger charge is 2.56. The molecule has 12 heteroatoms. The Kier molecular flexibility index (Phi) is 8.22. The predicted octanol–water partition coefficient (Wildman–Crippen LogP) is 7.60. The van der Waals surface area contributed by atoms with Crippen LogP contribution in [-0.2, 0) is 26.3 Å². The van der Waals surface area contributed by atoms with Crippen molar-refractivity contribution in [1.29, 1.82) is 0 Å². The molecule has 3 aromatic carbocycles. The number of hydrogen-bond donors (Lipinski definition) is 1. The van der Waals surface area contributed by atoms with Crippen molar-refractivity contribution in [1.82, 2.24) is 4.57 Å². The summed E-state index contributed by atoms with van der Waals surface area (Å²) in [5.74, 6) is -2.46. The monoisotopic (exact) mass is 685 g/mol. The van der Waals surface area contributed by atoms with Crippen molar-refractivity contribution in [2.45, 2.75) is 48.9 Å². The highest BCUT2D eigenvalue weighted by Crippen LogP contribution is 2.54. The van der Waals surface area contributed by atoms with Crippen molar-refractivity contribution in [2.75, 3.05) is 10.2 Å². The van der Waals surface area contributed by atoms with Gasteiger partial charge in [-0.15, -0.1) is 0 Å². The summed E-state index contributed by atoms with van der Waals surface area (Å²) in [4.78, 5) is 56.0. The normalized spacial score (nSPS) is 19.6. The average Bonchev–Trinajstić information content (AvgIpc) is 3.41. The first-order valence-electron chi connectivity index (χ1n) is 13.7. The van der Waals surface area contributed by atoms with Gasteiger partial charge in [0.2, 0.25) is 17.7 Å². The van der Waals surface area contributed by atoms with Crippen LogP contribution in [0, 0.1) is 5.92 Å². The summed E-state index contributed by atoms with van der Waals surface area (Å²) >= 11 is 20.3. The van der Waals surface area contributed by atoms with Gasteiger partial charge in [0.25, 0.3) is 0 Å². The molecule has 3 atom stereocenters. The van der Waals surface area contributed by atoms with Gasteiger partial charge >= 0.3 is 4.87 Å². The summed E-state index contributed by atoms with van der Waals surface area (Å²) in [5, 5.41) is 3.59. The molecule has 2 aliphatic heterocycles. The third kappa shape index (κ3) is 5.61. The number of fused-ring (bicyclic) bond motifs is 2. The molecule has 1 N–H and O–H groups in total. The van der Waals surface area contributed by atoms with Gasteiger partial charge in [-0.3, -0.25) is 23.7 Å². The Hall–Kier alpha value is -3.08. The number of thiazole rings is 1. The summed E-state index contributed by atoms with van der Waals surface area (Å²) in [7, 11) is 0. The second kappa shape index (κ2) is 11.7. The molecular formula is C32H26Cl3N3O4S2. The molecule has 44 heavy (non-hydrogen) atoms. The van der Waals surface area contributed by atoms with E-state index in [0.717, 1.165) is 34.2 Å². The third-order valence-corrected chi connectivity index (χ3v) is 11.4. The van der Waals surface area contributed by atoms with Crippen LogP contribution in [-0.4, -0.2) is 27.5 Å². The van der Waals surface area contributed by atoms with Gasteiger partial charge in [-0.25, -0.2) is 4.90 Å². The highest BCUT2D eigenvalue weighted by atomic mass is 35.5. The quantitative estimate of drug-likeness (QED) is 0.219. The Morgan fingerprint density at radius 3 is 2.20 bits per heavy atom. The fourth-order valence-corrected chi connectivity index (χ4v) is 8.76. The standard InChI is InChI=1S/C32H26Cl3N3O4S2/c1-32(2,3)17-6-4-16(5-7-17)24-25-26(29(41)38(28(25)40)20-11-8-18(33)9-12-20)43-30-27(24)44-31(42)37(30)15-23(39)36-19-10-13-21(34)22(35)14-19/h4-14,24-26H,15H2,1-3H3,(H,36,39)/t24-,25?,26?/m1/s1. The molecule has 7 nitrogen and oxygen atoms in total. The molecule has 0 aliphatic carbocycles. The van der Waals surface area contributed by atoms with E-state index in [1.54, 1.807) is 36.4 Å². The number of amides is 3. The minimum absolute atomic E-state index is 0.0883. The molecule has 226 valence electrons. The predicted molar refractivity (Wildman–Crippen MR) is 178 cm³/mol. The Morgan fingerprint density at radius 1 is 0.886 bits per heavy atom. The van der Waals surface area contributed by atoms with Crippen molar-refractivity contribution < 1.29 is 14.4 Å². The van der Waals surface area contributed by atoms with E-state index in [4.69, 9.17) is 34.8 Å². The molecule has 1 fully saturated rings. The maximum atomic E-state index is 14.1. The fourth-order valence-electron chi connectivity index (χ4n) is 5.57. The molecule has 0 bridgehead atoms. The number of benzene rings is 3. The zero-order valence-corrected chi connectivity index (χ0v) is 27.7. The molecule has 4 aromatic rings. The number of thioether (sulfide) groups is 1. The number of carbonyl (C=O) groups is 3. The zero-order valence-electron chi connectivity index (χ0n) is 23.8. The topological polar surface area (TPSA) is 88.5 Å². The van der Waals surface area contributed by atoms with Gasteiger partial charge in [0.15, 0.2) is 0 Å². The lowest BCUT2D eigenvalue weighted by atomic mass is 9.81. The number of nitrogens with zero attached hydrogens (tertiary/aromatic N) is 2. The van der Waals surface area contributed by atoms with E-state index < -0.39 is 23.0 Å².